The quantitative estimate of drug-likeness (QED) is 0.903. The maximum Gasteiger partial charge on any atom is 0.230 e. The fourth-order valence-corrected chi connectivity index (χ4v) is 3.60. The summed E-state index contributed by atoms with van der Waals surface area (Å²) in [6.45, 7) is 4.29. The molecule has 1 unspecified atom stereocenters. The number of fused-ring (bicyclic) bond motifs is 1. The van der Waals surface area contributed by atoms with Crippen molar-refractivity contribution in [3.05, 3.63) is 30.1 Å². The van der Waals surface area contributed by atoms with Gasteiger partial charge in [-0.05, 0) is 25.6 Å². The number of imidazole rings is 1. The molecule has 1 atom stereocenters. The standard InChI is InChI=1S/C17H21N5O2/c1-11-4-3-5-21-14(7-18-16(11)21)19-17(24)12-6-15(23)22(8-12)13-9-20(2)10-13/h3-5,7,12-13H,6,8-10H2,1-2H3,(H,19,24). The van der Waals surface area contributed by atoms with Gasteiger partial charge in [0, 0.05) is 32.3 Å². The molecule has 0 aliphatic carbocycles. The van der Waals surface area contributed by atoms with Gasteiger partial charge in [-0.15, -0.1) is 0 Å². The number of anilines is 1. The number of rotatable bonds is 3. The molecule has 126 valence electrons. The number of carbonyl (C=O) groups is 2. The van der Waals surface area contributed by atoms with Crippen molar-refractivity contribution >= 4 is 23.3 Å². The summed E-state index contributed by atoms with van der Waals surface area (Å²) in [4.78, 5) is 33.2. The van der Waals surface area contributed by atoms with E-state index < -0.39 is 0 Å². The summed E-state index contributed by atoms with van der Waals surface area (Å²) in [5.41, 5.74) is 1.88. The normalized spacial score (nSPS) is 22.2. The lowest BCUT2D eigenvalue weighted by Gasteiger charge is -2.42. The van der Waals surface area contributed by atoms with Crippen molar-refractivity contribution in [2.45, 2.75) is 19.4 Å². The lowest BCUT2D eigenvalue weighted by Crippen LogP contribution is -2.58. The van der Waals surface area contributed by atoms with Crippen LogP contribution >= 0.6 is 0 Å². The number of pyridine rings is 1. The maximum absolute atomic E-state index is 12.6. The first-order chi connectivity index (χ1) is 11.5. The molecule has 0 aromatic carbocycles. The van der Waals surface area contributed by atoms with Crippen molar-refractivity contribution in [2.75, 3.05) is 32.0 Å². The molecule has 0 bridgehead atoms. The Morgan fingerprint density at radius 1 is 1.33 bits per heavy atom. The fourth-order valence-electron chi connectivity index (χ4n) is 3.60. The van der Waals surface area contributed by atoms with Crippen LogP contribution in [0.3, 0.4) is 0 Å². The highest BCUT2D eigenvalue weighted by Crippen LogP contribution is 2.25. The predicted molar refractivity (Wildman–Crippen MR) is 89.7 cm³/mol. The third-order valence-corrected chi connectivity index (χ3v) is 5.00. The van der Waals surface area contributed by atoms with Crippen molar-refractivity contribution in [2.24, 2.45) is 5.92 Å². The minimum atomic E-state index is -0.293. The van der Waals surface area contributed by atoms with Crippen LogP contribution in [0, 0.1) is 12.8 Å². The molecule has 4 rings (SSSR count). The Labute approximate surface area is 140 Å². The number of aromatic nitrogens is 2. The van der Waals surface area contributed by atoms with Gasteiger partial charge < -0.3 is 15.1 Å². The van der Waals surface area contributed by atoms with E-state index in [0.717, 1.165) is 24.3 Å². The number of nitrogens with zero attached hydrogens (tertiary/aromatic N) is 4. The van der Waals surface area contributed by atoms with Crippen LogP contribution in [0.2, 0.25) is 0 Å². The number of aryl methyl sites for hydroxylation is 1. The Kier molecular flexibility index (Phi) is 3.53. The second kappa shape index (κ2) is 5.59. The Morgan fingerprint density at radius 3 is 2.88 bits per heavy atom. The van der Waals surface area contributed by atoms with E-state index in [2.05, 4.69) is 15.2 Å². The minimum Gasteiger partial charge on any atom is -0.336 e. The van der Waals surface area contributed by atoms with Crippen LogP contribution in [0.1, 0.15) is 12.0 Å². The van der Waals surface area contributed by atoms with E-state index >= 15 is 0 Å². The molecule has 2 aromatic rings. The number of hydrogen-bond donors (Lipinski definition) is 1. The number of likely N-dealkylation sites (N-methyl/N-ethyl adjacent to an activating group) is 1. The highest BCUT2D eigenvalue weighted by molar-refractivity contribution is 5.97. The first kappa shape index (κ1) is 15.1. The number of likely N-dealkylation sites (tertiary alicyclic amines) is 2. The second-order valence-corrected chi connectivity index (χ2v) is 6.84. The van der Waals surface area contributed by atoms with Crippen LogP contribution in [0.25, 0.3) is 5.65 Å². The third kappa shape index (κ3) is 2.45. The number of carbonyl (C=O) groups excluding carboxylic acids is 2. The highest BCUT2D eigenvalue weighted by atomic mass is 16.2. The van der Waals surface area contributed by atoms with Crippen molar-refractivity contribution < 1.29 is 9.59 Å². The van der Waals surface area contributed by atoms with Gasteiger partial charge in [0.2, 0.25) is 11.8 Å². The number of amides is 2. The molecule has 0 radical (unpaired) electrons. The average molecular weight is 327 g/mol. The van der Waals surface area contributed by atoms with Gasteiger partial charge in [0.25, 0.3) is 0 Å². The Bertz CT molecular complexity index is 808. The first-order valence-corrected chi connectivity index (χ1v) is 8.24. The van der Waals surface area contributed by atoms with E-state index in [1.165, 1.54) is 0 Å². The first-order valence-electron chi connectivity index (χ1n) is 8.24. The monoisotopic (exact) mass is 327 g/mol. The summed E-state index contributed by atoms with van der Waals surface area (Å²) in [5.74, 6) is 0.329. The van der Waals surface area contributed by atoms with E-state index in [1.54, 1.807) is 6.20 Å². The molecule has 4 heterocycles. The van der Waals surface area contributed by atoms with E-state index in [9.17, 15) is 9.59 Å². The molecule has 0 saturated carbocycles. The molecular weight excluding hydrogens is 306 g/mol. The summed E-state index contributed by atoms with van der Waals surface area (Å²) in [6.07, 6.45) is 3.83. The van der Waals surface area contributed by atoms with E-state index in [4.69, 9.17) is 0 Å². The predicted octanol–water partition coefficient (Wildman–Crippen LogP) is 0.744. The van der Waals surface area contributed by atoms with Crippen LogP contribution in [0.5, 0.6) is 0 Å². The molecule has 2 aliphatic heterocycles. The number of hydrogen-bond acceptors (Lipinski definition) is 4. The van der Waals surface area contributed by atoms with E-state index in [1.807, 2.05) is 41.6 Å². The lowest BCUT2D eigenvalue weighted by atomic mass is 10.1. The van der Waals surface area contributed by atoms with Gasteiger partial charge in [-0.1, -0.05) is 6.07 Å². The maximum atomic E-state index is 12.6. The van der Waals surface area contributed by atoms with Crippen molar-refractivity contribution in [3.63, 3.8) is 0 Å². The molecule has 2 aromatic heterocycles. The van der Waals surface area contributed by atoms with E-state index in [-0.39, 0.29) is 23.8 Å². The van der Waals surface area contributed by atoms with Crippen molar-refractivity contribution in [1.29, 1.82) is 0 Å². The van der Waals surface area contributed by atoms with Gasteiger partial charge in [0.05, 0.1) is 18.2 Å². The molecule has 2 amide bonds. The summed E-state index contributed by atoms with van der Waals surface area (Å²) < 4.78 is 1.86. The topological polar surface area (TPSA) is 70.0 Å². The van der Waals surface area contributed by atoms with Crippen LogP contribution in [0.15, 0.2) is 24.5 Å². The molecule has 2 aliphatic rings. The van der Waals surface area contributed by atoms with Crippen LogP contribution in [-0.2, 0) is 9.59 Å². The Balaban J connectivity index is 1.46. The summed E-state index contributed by atoms with van der Waals surface area (Å²) in [6, 6.07) is 4.17. The Morgan fingerprint density at radius 2 is 2.12 bits per heavy atom. The molecule has 1 N–H and O–H groups in total. The van der Waals surface area contributed by atoms with Crippen LogP contribution in [-0.4, -0.2) is 63.7 Å². The summed E-state index contributed by atoms with van der Waals surface area (Å²) in [5, 5.41) is 2.93. The van der Waals surface area contributed by atoms with Gasteiger partial charge >= 0.3 is 0 Å². The van der Waals surface area contributed by atoms with Gasteiger partial charge in [-0.25, -0.2) is 4.98 Å². The van der Waals surface area contributed by atoms with Crippen molar-refractivity contribution in [3.8, 4) is 0 Å². The zero-order chi connectivity index (χ0) is 16.8. The summed E-state index contributed by atoms with van der Waals surface area (Å²) >= 11 is 0. The molecule has 7 heteroatoms. The molecule has 2 saturated heterocycles. The third-order valence-electron chi connectivity index (χ3n) is 5.00. The van der Waals surface area contributed by atoms with Crippen molar-refractivity contribution in [1.82, 2.24) is 19.2 Å². The van der Waals surface area contributed by atoms with Crippen LogP contribution < -0.4 is 5.32 Å². The smallest absolute Gasteiger partial charge is 0.230 e. The SMILES string of the molecule is Cc1cccn2c(NC(=O)C3CC(=O)N(C4CN(C)C4)C3)cnc12. The largest absolute Gasteiger partial charge is 0.336 e. The lowest BCUT2D eigenvalue weighted by molar-refractivity contribution is -0.132. The molecular formula is C17H21N5O2. The fraction of sp³-hybridized carbons (Fsp3) is 0.471. The zero-order valence-electron chi connectivity index (χ0n) is 13.9. The molecule has 7 nitrogen and oxygen atoms in total. The van der Waals surface area contributed by atoms with Gasteiger partial charge in [-0.3, -0.25) is 14.0 Å². The number of nitrogens with one attached hydrogen (secondary N) is 1. The summed E-state index contributed by atoms with van der Waals surface area (Å²) in [7, 11) is 2.04. The molecule has 2 fully saturated rings. The second-order valence-electron chi connectivity index (χ2n) is 6.84. The Hall–Kier alpha value is -2.41. The van der Waals surface area contributed by atoms with Gasteiger partial charge in [0.1, 0.15) is 11.5 Å². The van der Waals surface area contributed by atoms with E-state index in [0.29, 0.717) is 18.8 Å². The molecule has 0 spiro atoms. The highest BCUT2D eigenvalue weighted by Gasteiger charge is 2.41. The zero-order valence-corrected chi connectivity index (χ0v) is 13.9. The average Bonchev–Trinajstić information content (AvgIpc) is 3.09. The van der Waals surface area contributed by atoms with Gasteiger partial charge in [-0.2, -0.15) is 0 Å². The van der Waals surface area contributed by atoms with Crippen LogP contribution in [0.4, 0.5) is 5.82 Å². The van der Waals surface area contributed by atoms with Gasteiger partial charge in [0.15, 0.2) is 0 Å². The molecule has 24 heavy (non-hydrogen) atoms. The minimum absolute atomic E-state index is 0.0854.